The molecule has 0 aliphatic carbocycles. The van der Waals surface area contributed by atoms with E-state index in [-0.39, 0.29) is 43.1 Å². The molecular formula is C30H38ClF3N4O8S. The first-order valence-electron chi connectivity index (χ1n) is 14.3. The van der Waals surface area contributed by atoms with E-state index in [1.807, 2.05) is 13.8 Å². The molecule has 1 aliphatic heterocycles. The van der Waals surface area contributed by atoms with Gasteiger partial charge in [0.2, 0.25) is 5.95 Å². The number of nitrogens with zero attached hydrogens (tertiary/aromatic N) is 4. The number of aliphatic hydroxyl groups is 3. The van der Waals surface area contributed by atoms with Crippen LogP contribution in [-0.2, 0) is 21.3 Å². The number of benzene rings is 2. The normalized spacial score (nSPS) is 16.6. The van der Waals surface area contributed by atoms with Crippen LogP contribution in [0.15, 0.2) is 47.4 Å². The molecule has 2 heterocycles. The maximum absolute atomic E-state index is 16.0. The zero-order valence-electron chi connectivity index (χ0n) is 26.7. The number of likely N-dealkylation sites (N-methyl/N-ethyl adjacent to an activating group) is 1. The average Bonchev–Trinajstić information content (AvgIpc) is 3.39. The predicted molar refractivity (Wildman–Crippen MR) is 168 cm³/mol. The molecule has 1 aliphatic rings. The average molecular weight is 707 g/mol. The summed E-state index contributed by atoms with van der Waals surface area (Å²) in [6.45, 7) is 3.31. The van der Waals surface area contributed by atoms with Gasteiger partial charge in [-0.2, -0.15) is 4.39 Å². The van der Waals surface area contributed by atoms with Gasteiger partial charge in [-0.1, -0.05) is 31.5 Å². The summed E-state index contributed by atoms with van der Waals surface area (Å²) in [6, 6.07) is 8.48. The molecule has 1 unspecified atom stereocenters. The van der Waals surface area contributed by atoms with Crippen molar-refractivity contribution in [3.8, 4) is 11.5 Å². The summed E-state index contributed by atoms with van der Waals surface area (Å²) < 4.78 is 90.2. The monoisotopic (exact) mass is 706 g/mol. The number of pyridine rings is 1. The summed E-state index contributed by atoms with van der Waals surface area (Å²) in [6.07, 6.45) is -3.43. The summed E-state index contributed by atoms with van der Waals surface area (Å²) in [4.78, 5) is 5.21. The fourth-order valence-corrected chi connectivity index (χ4v) is 7.10. The fourth-order valence-electron chi connectivity index (χ4n) is 5.27. The summed E-state index contributed by atoms with van der Waals surface area (Å²) in [5.74, 6) is -4.09. The van der Waals surface area contributed by atoms with Gasteiger partial charge in [0.1, 0.15) is 33.8 Å². The number of rotatable bonds is 12. The van der Waals surface area contributed by atoms with Crippen molar-refractivity contribution in [1.82, 2.24) is 9.88 Å². The molecule has 0 radical (unpaired) electrons. The highest BCUT2D eigenvalue weighted by Gasteiger charge is 2.46. The van der Waals surface area contributed by atoms with Crippen LogP contribution >= 0.6 is 11.6 Å². The Kier molecular flexibility index (Phi) is 12.3. The Morgan fingerprint density at radius 1 is 1.06 bits per heavy atom. The number of hydrogen-bond donors (Lipinski definition) is 3. The van der Waals surface area contributed by atoms with E-state index in [0.29, 0.717) is 10.1 Å². The first-order valence-corrected chi connectivity index (χ1v) is 16.1. The van der Waals surface area contributed by atoms with Crippen LogP contribution in [0.5, 0.6) is 11.5 Å². The molecule has 12 nitrogen and oxygen atoms in total. The van der Waals surface area contributed by atoms with Crippen LogP contribution in [-0.4, -0.2) is 93.3 Å². The minimum atomic E-state index is -5.16. The van der Waals surface area contributed by atoms with E-state index in [9.17, 15) is 28.1 Å². The van der Waals surface area contributed by atoms with Gasteiger partial charge >= 0.3 is 6.16 Å². The summed E-state index contributed by atoms with van der Waals surface area (Å²) >= 11 is 6.33. The van der Waals surface area contributed by atoms with Crippen LogP contribution in [0, 0.1) is 17.6 Å². The number of sulfonamides is 1. The van der Waals surface area contributed by atoms with E-state index in [2.05, 4.69) is 4.98 Å². The third-order valence-corrected chi connectivity index (χ3v) is 9.17. The number of methoxy groups -OCH3 is 2. The van der Waals surface area contributed by atoms with Gasteiger partial charge in [0.15, 0.2) is 10.7 Å². The van der Waals surface area contributed by atoms with Gasteiger partial charge < -0.3 is 34.6 Å². The topological polar surface area (TPSA) is 145 Å². The molecule has 2 aromatic carbocycles. The number of aromatic nitrogens is 1. The largest absolute Gasteiger partial charge is 0.497 e. The van der Waals surface area contributed by atoms with Crippen molar-refractivity contribution in [3.63, 3.8) is 0 Å². The van der Waals surface area contributed by atoms with Crippen molar-refractivity contribution in [3.05, 3.63) is 70.6 Å². The molecule has 1 atom stereocenters. The molecule has 3 N–H and O–H groups in total. The highest BCUT2D eigenvalue weighted by atomic mass is 35.5. The Morgan fingerprint density at radius 3 is 2.32 bits per heavy atom. The third kappa shape index (κ3) is 8.76. The first kappa shape index (κ1) is 38.1. The lowest BCUT2D eigenvalue weighted by Crippen LogP contribution is -2.51. The van der Waals surface area contributed by atoms with Gasteiger partial charge in [-0.15, -0.1) is 0 Å². The van der Waals surface area contributed by atoms with Gasteiger partial charge in [0.05, 0.1) is 26.5 Å². The van der Waals surface area contributed by atoms with Crippen molar-refractivity contribution < 1.29 is 51.1 Å². The van der Waals surface area contributed by atoms with Crippen LogP contribution in [0.4, 0.5) is 24.7 Å². The maximum atomic E-state index is 16.0. The lowest BCUT2D eigenvalue weighted by atomic mass is 10.0. The zero-order valence-corrected chi connectivity index (χ0v) is 28.2. The van der Waals surface area contributed by atoms with Crippen LogP contribution in [0.1, 0.15) is 25.8 Å². The van der Waals surface area contributed by atoms with Crippen LogP contribution < -0.4 is 18.7 Å². The van der Waals surface area contributed by atoms with Crippen LogP contribution in [0.3, 0.4) is 0 Å². The SMILES string of the molecule is CC.COc1ccc(CN(c2cccc(F)n2)S(=O)(=O)c2c(F)cc(N3CCC(CN(C)C)(OC(O)(O)O)C3)c(Cl)c2F)c(OC)c1. The fraction of sp³-hybridized carbons (Fsp3) is 0.433. The van der Waals surface area contributed by atoms with Gasteiger partial charge in [-0.25, -0.2) is 26.5 Å². The second-order valence-electron chi connectivity index (χ2n) is 10.6. The van der Waals surface area contributed by atoms with Crippen LogP contribution in [0.25, 0.3) is 0 Å². The minimum Gasteiger partial charge on any atom is -0.497 e. The molecule has 1 saturated heterocycles. The van der Waals surface area contributed by atoms with Gasteiger partial charge in [0, 0.05) is 37.3 Å². The molecule has 0 saturated carbocycles. The highest BCUT2D eigenvalue weighted by Crippen LogP contribution is 2.41. The van der Waals surface area contributed by atoms with Crippen molar-refractivity contribution in [2.75, 3.05) is 57.2 Å². The summed E-state index contributed by atoms with van der Waals surface area (Å²) in [5, 5.41) is 27.7. The van der Waals surface area contributed by atoms with Gasteiger partial charge in [0.25, 0.3) is 10.0 Å². The number of halogens is 4. The molecule has 47 heavy (non-hydrogen) atoms. The molecule has 0 spiro atoms. The molecule has 17 heteroatoms. The Bertz CT molecular complexity index is 1660. The maximum Gasteiger partial charge on any atom is 0.405 e. The quantitative estimate of drug-likeness (QED) is 0.144. The van der Waals surface area contributed by atoms with Crippen molar-refractivity contribution >= 4 is 33.1 Å². The second kappa shape index (κ2) is 15.2. The van der Waals surface area contributed by atoms with E-state index in [1.165, 1.54) is 43.4 Å². The zero-order chi connectivity index (χ0) is 35.3. The molecule has 0 amide bonds. The number of anilines is 2. The van der Waals surface area contributed by atoms with E-state index < -0.39 is 61.6 Å². The van der Waals surface area contributed by atoms with E-state index in [1.54, 1.807) is 19.0 Å². The van der Waals surface area contributed by atoms with Crippen molar-refractivity contribution in [2.24, 2.45) is 0 Å². The smallest absolute Gasteiger partial charge is 0.405 e. The van der Waals surface area contributed by atoms with Gasteiger partial charge in [-0.05, 0) is 44.8 Å². The highest BCUT2D eigenvalue weighted by molar-refractivity contribution is 7.92. The lowest BCUT2D eigenvalue weighted by molar-refractivity contribution is -0.478. The minimum absolute atomic E-state index is 0.0330. The van der Waals surface area contributed by atoms with Crippen molar-refractivity contribution in [2.45, 2.75) is 43.5 Å². The molecule has 1 aromatic heterocycles. The predicted octanol–water partition coefficient (Wildman–Crippen LogP) is 3.71. The molecular weight excluding hydrogens is 669 g/mol. The number of ether oxygens (including phenoxy) is 3. The number of hydrogen-bond acceptors (Lipinski definition) is 11. The standard InChI is InChI=1S/C28H32ClF3N4O8S.C2H6/c1-34(2)15-27(44-28(37,38)39)10-11-35(16-27)20-13-19(30)26(25(32)24(20)29)45(40,41)36(23-7-5-6-22(31)33-23)14-17-8-9-18(42-3)12-21(17)43-4;1-2/h5-9,12-13,37-39H,10-11,14-16H2,1-4H3;1-2H3. The summed E-state index contributed by atoms with van der Waals surface area (Å²) in [5.41, 5.74) is -1.43. The Labute approximate surface area is 276 Å². The molecule has 4 rings (SSSR count). The molecule has 3 aromatic rings. The Balaban J connectivity index is 0.00000294. The van der Waals surface area contributed by atoms with E-state index >= 15 is 8.78 Å². The third-order valence-electron chi connectivity index (χ3n) is 7.02. The van der Waals surface area contributed by atoms with E-state index in [0.717, 1.165) is 18.2 Å². The Hall–Kier alpha value is -3.38. The first-order chi connectivity index (χ1) is 22.0. The molecule has 0 bridgehead atoms. The molecule has 1 fully saturated rings. The van der Waals surface area contributed by atoms with Crippen molar-refractivity contribution in [1.29, 1.82) is 0 Å². The summed E-state index contributed by atoms with van der Waals surface area (Å²) in [7, 11) is 0.900. The lowest BCUT2D eigenvalue weighted by Gasteiger charge is -2.35. The van der Waals surface area contributed by atoms with Crippen LogP contribution in [0.2, 0.25) is 5.02 Å². The second-order valence-corrected chi connectivity index (χ2v) is 12.8. The molecule has 260 valence electrons. The van der Waals surface area contributed by atoms with Gasteiger partial charge in [-0.3, -0.25) is 4.74 Å². The Morgan fingerprint density at radius 2 is 1.74 bits per heavy atom. The van der Waals surface area contributed by atoms with E-state index in [4.69, 9.17) is 25.8 Å².